The monoisotopic (exact) mass is 414 g/mol. The molecular formula is C20H38N4O5. The van der Waals surface area contributed by atoms with Gasteiger partial charge >= 0.3 is 5.97 Å². The molecule has 6 N–H and O–H groups in total. The van der Waals surface area contributed by atoms with Crippen LogP contribution in [-0.4, -0.2) is 53.5 Å². The van der Waals surface area contributed by atoms with Gasteiger partial charge in [0, 0.05) is 0 Å². The highest BCUT2D eigenvalue weighted by Crippen LogP contribution is 2.13. The number of carbonyl (C=O) groups is 4. The van der Waals surface area contributed by atoms with Crippen molar-refractivity contribution in [2.45, 2.75) is 78.9 Å². The second-order valence-corrected chi connectivity index (χ2v) is 7.77. The van der Waals surface area contributed by atoms with E-state index in [1.54, 1.807) is 6.92 Å². The van der Waals surface area contributed by atoms with Gasteiger partial charge < -0.3 is 26.8 Å². The van der Waals surface area contributed by atoms with E-state index in [1.165, 1.54) is 0 Å². The highest BCUT2D eigenvalue weighted by molar-refractivity contribution is 5.94. The number of hydrogen-bond donors (Lipinski definition) is 5. The number of carboxylic acid groups (broad SMARTS) is 1. The molecule has 6 unspecified atom stereocenters. The van der Waals surface area contributed by atoms with Gasteiger partial charge in [-0.25, -0.2) is 0 Å². The van der Waals surface area contributed by atoms with Crippen molar-refractivity contribution in [1.82, 2.24) is 16.0 Å². The molecule has 168 valence electrons. The zero-order valence-electron chi connectivity index (χ0n) is 18.5. The zero-order chi connectivity index (χ0) is 22.7. The molecule has 0 bridgehead atoms. The Morgan fingerprint density at radius 3 is 1.59 bits per heavy atom. The van der Waals surface area contributed by atoms with E-state index >= 15 is 0 Å². The standard InChI is InChI=1S/C20H38N4O5/c1-7-11(4)15(21)18(27)23-17(13(6)9-3)20(29)24-16(12(5)8-2)19(28)22-10-14(25)26/h11-13,15-17H,7-10,21H2,1-6H3,(H,22,28)(H,23,27)(H,24,29)(H,25,26). The molecule has 0 radical (unpaired) electrons. The molecule has 29 heavy (non-hydrogen) atoms. The van der Waals surface area contributed by atoms with Gasteiger partial charge in [-0.3, -0.25) is 19.2 Å². The SMILES string of the molecule is CCC(C)C(N)C(=O)NC(C(=O)NC(C(=O)NCC(=O)O)C(C)CC)C(C)CC. The Balaban J connectivity index is 5.40. The van der Waals surface area contributed by atoms with Gasteiger partial charge in [0.25, 0.3) is 0 Å². The van der Waals surface area contributed by atoms with Gasteiger partial charge in [0.1, 0.15) is 18.6 Å². The van der Waals surface area contributed by atoms with E-state index in [1.807, 2.05) is 34.6 Å². The maximum atomic E-state index is 13.0. The van der Waals surface area contributed by atoms with Crippen LogP contribution in [-0.2, 0) is 19.2 Å². The van der Waals surface area contributed by atoms with Gasteiger partial charge in [0.05, 0.1) is 6.04 Å². The Morgan fingerprint density at radius 1 is 0.759 bits per heavy atom. The van der Waals surface area contributed by atoms with Crippen LogP contribution >= 0.6 is 0 Å². The first-order chi connectivity index (χ1) is 13.5. The molecule has 9 heteroatoms. The van der Waals surface area contributed by atoms with Gasteiger partial charge in [-0.2, -0.15) is 0 Å². The molecule has 0 rings (SSSR count). The third kappa shape index (κ3) is 8.81. The summed E-state index contributed by atoms with van der Waals surface area (Å²) in [5.74, 6) is -3.07. The molecule has 0 aliphatic rings. The van der Waals surface area contributed by atoms with Crippen LogP contribution in [0.25, 0.3) is 0 Å². The van der Waals surface area contributed by atoms with E-state index in [4.69, 9.17) is 10.8 Å². The van der Waals surface area contributed by atoms with Crippen molar-refractivity contribution in [3.05, 3.63) is 0 Å². The van der Waals surface area contributed by atoms with Gasteiger partial charge in [0.2, 0.25) is 17.7 Å². The Labute approximate surface area is 173 Å². The molecule has 0 heterocycles. The molecule has 0 fully saturated rings. The van der Waals surface area contributed by atoms with Crippen LogP contribution in [0.2, 0.25) is 0 Å². The Morgan fingerprint density at radius 2 is 1.17 bits per heavy atom. The average molecular weight is 415 g/mol. The lowest BCUT2D eigenvalue weighted by atomic mass is 9.93. The van der Waals surface area contributed by atoms with Crippen LogP contribution in [0, 0.1) is 17.8 Å². The van der Waals surface area contributed by atoms with Gasteiger partial charge in [-0.15, -0.1) is 0 Å². The van der Waals surface area contributed by atoms with Crippen molar-refractivity contribution in [2.75, 3.05) is 6.54 Å². The van der Waals surface area contributed by atoms with Gasteiger partial charge in [-0.1, -0.05) is 60.8 Å². The average Bonchev–Trinajstić information content (AvgIpc) is 2.71. The molecule has 0 aromatic heterocycles. The van der Waals surface area contributed by atoms with Crippen molar-refractivity contribution in [2.24, 2.45) is 23.5 Å². The minimum absolute atomic E-state index is 0.0368. The quantitative estimate of drug-likeness (QED) is 0.298. The fourth-order valence-corrected chi connectivity index (χ4v) is 2.68. The number of amides is 3. The normalized spacial score (nSPS) is 17.2. The molecule has 0 saturated heterocycles. The summed E-state index contributed by atoms with van der Waals surface area (Å²) >= 11 is 0. The number of aliphatic carboxylic acids is 1. The highest BCUT2D eigenvalue weighted by atomic mass is 16.4. The summed E-state index contributed by atoms with van der Waals surface area (Å²) in [7, 11) is 0. The third-order valence-electron chi connectivity index (χ3n) is 5.56. The fourth-order valence-electron chi connectivity index (χ4n) is 2.68. The fraction of sp³-hybridized carbons (Fsp3) is 0.800. The largest absolute Gasteiger partial charge is 0.480 e. The summed E-state index contributed by atoms with van der Waals surface area (Å²) in [5, 5.41) is 16.5. The Kier molecular flexibility index (Phi) is 12.2. The summed E-state index contributed by atoms with van der Waals surface area (Å²) in [6.45, 7) is 10.7. The van der Waals surface area contributed by atoms with E-state index in [0.717, 1.165) is 6.42 Å². The van der Waals surface area contributed by atoms with Gasteiger partial charge in [0.15, 0.2) is 0 Å². The zero-order valence-corrected chi connectivity index (χ0v) is 18.5. The molecule has 0 saturated carbocycles. The minimum Gasteiger partial charge on any atom is -0.480 e. The van der Waals surface area contributed by atoms with Crippen LogP contribution in [0.5, 0.6) is 0 Å². The number of hydrogen-bond acceptors (Lipinski definition) is 5. The summed E-state index contributed by atoms with van der Waals surface area (Å²) in [5.41, 5.74) is 5.98. The number of carbonyl (C=O) groups excluding carboxylic acids is 3. The summed E-state index contributed by atoms with van der Waals surface area (Å²) in [4.78, 5) is 48.6. The first kappa shape index (κ1) is 26.8. The van der Waals surface area contributed by atoms with E-state index in [0.29, 0.717) is 12.8 Å². The first-order valence-corrected chi connectivity index (χ1v) is 10.4. The van der Waals surface area contributed by atoms with E-state index in [9.17, 15) is 19.2 Å². The third-order valence-corrected chi connectivity index (χ3v) is 5.56. The van der Waals surface area contributed by atoms with Crippen LogP contribution in [0.3, 0.4) is 0 Å². The van der Waals surface area contributed by atoms with Crippen LogP contribution in [0.15, 0.2) is 0 Å². The predicted octanol–water partition coefficient (Wildman–Crippen LogP) is 0.622. The molecule has 9 nitrogen and oxygen atoms in total. The molecule has 0 aliphatic carbocycles. The molecule has 0 spiro atoms. The predicted molar refractivity (Wildman–Crippen MR) is 111 cm³/mol. The lowest BCUT2D eigenvalue weighted by Gasteiger charge is -2.30. The van der Waals surface area contributed by atoms with Crippen molar-refractivity contribution in [3.63, 3.8) is 0 Å². The second kappa shape index (κ2) is 13.1. The molecule has 0 aromatic carbocycles. The van der Waals surface area contributed by atoms with Crippen LogP contribution in [0.1, 0.15) is 60.8 Å². The summed E-state index contributed by atoms with van der Waals surface area (Å²) in [6.07, 6.45) is 1.97. The highest BCUT2D eigenvalue weighted by Gasteiger charge is 2.33. The number of rotatable bonds is 13. The number of carboxylic acids is 1. The maximum Gasteiger partial charge on any atom is 0.322 e. The lowest BCUT2D eigenvalue weighted by Crippen LogP contribution is -2.59. The van der Waals surface area contributed by atoms with E-state index in [2.05, 4.69) is 16.0 Å². The van der Waals surface area contributed by atoms with E-state index in [-0.39, 0.29) is 17.8 Å². The number of nitrogens with two attached hydrogens (primary N) is 1. The second-order valence-electron chi connectivity index (χ2n) is 7.77. The van der Waals surface area contributed by atoms with E-state index < -0.39 is 48.4 Å². The Bertz CT molecular complexity index is 569. The smallest absolute Gasteiger partial charge is 0.322 e. The van der Waals surface area contributed by atoms with Gasteiger partial charge in [-0.05, 0) is 17.8 Å². The number of nitrogens with one attached hydrogen (secondary N) is 3. The minimum atomic E-state index is -1.17. The van der Waals surface area contributed by atoms with Crippen molar-refractivity contribution >= 4 is 23.7 Å². The summed E-state index contributed by atoms with van der Waals surface area (Å²) < 4.78 is 0. The summed E-state index contributed by atoms with van der Waals surface area (Å²) in [6, 6.07) is -2.48. The molecule has 6 atom stereocenters. The van der Waals surface area contributed by atoms with Crippen molar-refractivity contribution in [3.8, 4) is 0 Å². The van der Waals surface area contributed by atoms with Crippen LogP contribution in [0.4, 0.5) is 0 Å². The van der Waals surface area contributed by atoms with Crippen molar-refractivity contribution in [1.29, 1.82) is 0 Å². The molecule has 3 amide bonds. The topological polar surface area (TPSA) is 151 Å². The molecule has 0 aliphatic heterocycles. The lowest BCUT2D eigenvalue weighted by molar-refractivity contribution is -0.139. The Hall–Kier alpha value is -2.16. The van der Waals surface area contributed by atoms with Crippen molar-refractivity contribution < 1.29 is 24.3 Å². The first-order valence-electron chi connectivity index (χ1n) is 10.4. The molecular weight excluding hydrogens is 376 g/mol. The molecule has 0 aromatic rings. The maximum absolute atomic E-state index is 13.0. The van der Waals surface area contributed by atoms with Crippen LogP contribution < -0.4 is 21.7 Å².